The second kappa shape index (κ2) is 25.6. The molecule has 21 heteroatoms. The molecule has 3 aromatic carbocycles. The first-order valence-electron chi connectivity index (χ1n) is 25.2. The van der Waals surface area contributed by atoms with Crippen molar-refractivity contribution >= 4 is 35.3 Å². The first-order chi connectivity index (χ1) is 37.2. The molecule has 1 aliphatic carbocycles. The number of hydrogen-bond donors (Lipinski definition) is 6. The Morgan fingerprint density at radius 3 is 2.08 bits per heavy atom. The summed E-state index contributed by atoms with van der Waals surface area (Å²) in [4.78, 5) is 65.1. The minimum Gasteiger partial charge on any atom is -0.508 e. The van der Waals surface area contributed by atoms with Crippen molar-refractivity contribution in [2.75, 3.05) is 83.5 Å². The third kappa shape index (κ3) is 14.4. The minimum atomic E-state index is -3.76. The van der Waals surface area contributed by atoms with Gasteiger partial charge < -0.3 is 60.5 Å². The van der Waals surface area contributed by atoms with E-state index in [-0.39, 0.29) is 85.8 Å². The predicted octanol–water partition coefficient (Wildman–Crippen LogP) is 6.76. The normalized spacial score (nSPS) is 13.7. The Kier molecular flexibility index (Phi) is 18.3. The number of aromatic nitrogens is 3. The summed E-state index contributed by atoms with van der Waals surface area (Å²) in [6.07, 6.45) is 1.42. The van der Waals surface area contributed by atoms with Crippen LogP contribution in [0.3, 0.4) is 0 Å². The molecule has 77 heavy (non-hydrogen) atoms. The number of nitrogen functional groups attached to an aromatic ring is 1. The Balaban J connectivity index is 0.631. The van der Waals surface area contributed by atoms with E-state index < -0.39 is 11.7 Å². The van der Waals surface area contributed by atoms with Gasteiger partial charge in [0.1, 0.15) is 23.1 Å². The fourth-order valence-corrected chi connectivity index (χ4v) is 8.59. The number of rotatable bonds is 27. The Morgan fingerprint density at radius 1 is 0.701 bits per heavy atom. The average Bonchev–Trinajstić information content (AvgIpc) is 4.21. The summed E-state index contributed by atoms with van der Waals surface area (Å²) in [5.41, 5.74) is 12.8. The van der Waals surface area contributed by atoms with E-state index in [9.17, 15) is 33.1 Å². The smallest absolute Gasteiger partial charge is 0.508 e. The topological polar surface area (TPSA) is 257 Å². The van der Waals surface area contributed by atoms with Crippen LogP contribution < -0.4 is 36.5 Å². The van der Waals surface area contributed by atoms with E-state index in [1.165, 1.54) is 12.1 Å². The van der Waals surface area contributed by atoms with Gasteiger partial charge >= 0.3 is 6.29 Å². The quantitative estimate of drug-likeness (QED) is 0.0292. The number of phenolic OH excluding ortho intramolecular Hbond substituents is 1. The van der Waals surface area contributed by atoms with E-state index in [0.717, 1.165) is 33.4 Å². The molecule has 0 bridgehead atoms. The lowest BCUT2D eigenvalue weighted by atomic mass is 9.92. The second-order valence-corrected chi connectivity index (χ2v) is 18.1. The fourth-order valence-electron chi connectivity index (χ4n) is 8.59. The molecule has 2 aliphatic rings. The van der Waals surface area contributed by atoms with Crippen LogP contribution in [0.25, 0.3) is 33.5 Å². The number of anilines is 2. The molecule has 19 nitrogen and oxygen atoms in total. The van der Waals surface area contributed by atoms with Gasteiger partial charge in [-0.15, -0.1) is 8.78 Å². The van der Waals surface area contributed by atoms with Crippen LogP contribution in [0, 0.1) is 6.92 Å². The Morgan fingerprint density at radius 2 is 1.38 bits per heavy atom. The second-order valence-electron chi connectivity index (χ2n) is 18.1. The highest BCUT2D eigenvalue weighted by Gasteiger charge is 2.53. The number of nitrogens with two attached hydrogens (primary N) is 1. The Hall–Kier alpha value is -8.11. The standard InChI is InChI=1S/C56H60F2N8O11/c1-3-42-43(34-64-51(59)49(42)36-8-12-41(67)13-9-36)39-10-14-44(63-33-39)53(70)61-21-20-60-48(68)17-23-72-25-27-74-29-30-75-28-26-73-24-22-62-52(69)38-6-4-5-37(31-38)50-35(2)7-16-47(65-50)66-54(71)55(18-19-55)40-11-15-45-46(32-40)77-56(57,58)76-45/h4-16,31-34,67H,3,17-30H2,1-2H3,(H2,59,64)(H,60,68)(H,61,70)(H,62,69)(H,65,66,71). The van der Waals surface area contributed by atoms with Gasteiger partial charge in [-0.3, -0.25) is 24.2 Å². The van der Waals surface area contributed by atoms with Crippen molar-refractivity contribution in [1.29, 1.82) is 0 Å². The van der Waals surface area contributed by atoms with Gasteiger partial charge in [0.15, 0.2) is 11.5 Å². The van der Waals surface area contributed by atoms with Gasteiger partial charge in [0.2, 0.25) is 11.8 Å². The first kappa shape index (κ1) is 55.1. The molecule has 0 unspecified atom stereocenters. The molecule has 1 saturated carbocycles. The van der Waals surface area contributed by atoms with Crippen LogP contribution >= 0.6 is 0 Å². The van der Waals surface area contributed by atoms with Gasteiger partial charge in [-0.2, -0.15) is 0 Å². The molecule has 3 aromatic heterocycles. The van der Waals surface area contributed by atoms with Crippen molar-refractivity contribution in [3.05, 3.63) is 131 Å². The van der Waals surface area contributed by atoms with Crippen molar-refractivity contribution in [1.82, 2.24) is 30.9 Å². The van der Waals surface area contributed by atoms with Gasteiger partial charge in [-0.05, 0) is 97.0 Å². The highest BCUT2D eigenvalue weighted by Crippen LogP contribution is 2.52. The van der Waals surface area contributed by atoms with Crippen LogP contribution in [0.4, 0.5) is 20.4 Å². The lowest BCUT2D eigenvalue weighted by Crippen LogP contribution is -2.35. The molecule has 404 valence electrons. The van der Waals surface area contributed by atoms with Crippen LogP contribution in [0.2, 0.25) is 0 Å². The number of fused-ring (bicyclic) bond motifs is 1. The predicted molar refractivity (Wildman–Crippen MR) is 281 cm³/mol. The number of pyridine rings is 3. The highest BCUT2D eigenvalue weighted by molar-refractivity contribution is 6.01. The summed E-state index contributed by atoms with van der Waals surface area (Å²) in [6.45, 7) is 7.05. The average molecular weight is 1060 g/mol. The number of phenols is 1. The Labute approximate surface area is 443 Å². The molecule has 6 aromatic rings. The number of nitrogens with one attached hydrogen (secondary N) is 4. The van der Waals surface area contributed by atoms with Crippen molar-refractivity contribution in [3.8, 4) is 50.8 Å². The summed E-state index contributed by atoms with van der Waals surface area (Å²) < 4.78 is 58.5. The first-order valence-corrected chi connectivity index (χ1v) is 25.2. The number of carbonyl (C=O) groups is 4. The SMILES string of the molecule is CCc1c(-c2ccc(C(=O)NCCNC(=O)CCOCCOCCOCCOCCNC(=O)c3cccc(-c4nc(NC(=O)C5(c6ccc7c(c6)OC(F)(F)O7)CC5)ccc4C)c3)nc2)cnc(N)c1-c1ccc(O)cc1. The van der Waals surface area contributed by atoms with Crippen molar-refractivity contribution in [2.45, 2.75) is 51.2 Å². The maximum Gasteiger partial charge on any atom is 0.586 e. The third-order valence-electron chi connectivity index (χ3n) is 12.8. The minimum absolute atomic E-state index is 0.0893. The van der Waals surface area contributed by atoms with E-state index >= 15 is 0 Å². The molecule has 1 aliphatic heterocycles. The van der Waals surface area contributed by atoms with Gasteiger partial charge in [-0.1, -0.05) is 49.4 Å². The summed E-state index contributed by atoms with van der Waals surface area (Å²) in [5.74, 6) is -0.581. The van der Waals surface area contributed by atoms with Crippen LogP contribution in [-0.4, -0.2) is 122 Å². The van der Waals surface area contributed by atoms with Crippen LogP contribution in [0.1, 0.15) is 63.7 Å². The van der Waals surface area contributed by atoms with Gasteiger partial charge in [0.25, 0.3) is 11.8 Å². The van der Waals surface area contributed by atoms with Gasteiger partial charge in [-0.25, -0.2) is 9.97 Å². The summed E-state index contributed by atoms with van der Waals surface area (Å²) in [7, 11) is 0. The molecule has 0 radical (unpaired) electrons. The molecular formula is C56H60F2N8O11. The van der Waals surface area contributed by atoms with E-state index in [2.05, 4.69) is 40.7 Å². The molecule has 1 fully saturated rings. The largest absolute Gasteiger partial charge is 0.586 e. The van der Waals surface area contributed by atoms with Crippen molar-refractivity contribution in [2.24, 2.45) is 0 Å². The van der Waals surface area contributed by atoms with Gasteiger partial charge in [0.05, 0.1) is 64.0 Å². The molecule has 4 amide bonds. The van der Waals surface area contributed by atoms with Crippen LogP contribution in [0.15, 0.2) is 103 Å². The van der Waals surface area contributed by atoms with E-state index in [4.69, 9.17) is 29.7 Å². The number of aryl methyl sites for hydroxylation is 1. The lowest BCUT2D eigenvalue weighted by Gasteiger charge is -2.17. The number of carbonyl (C=O) groups excluding carboxylic acids is 4. The van der Waals surface area contributed by atoms with E-state index in [1.54, 1.807) is 79.1 Å². The zero-order valence-electron chi connectivity index (χ0n) is 42.6. The zero-order chi connectivity index (χ0) is 54.4. The number of ether oxygens (including phenoxy) is 6. The number of benzene rings is 3. The third-order valence-corrected chi connectivity index (χ3v) is 12.8. The molecule has 0 atom stereocenters. The van der Waals surface area contributed by atoms with E-state index in [1.807, 2.05) is 26.0 Å². The molecule has 0 saturated heterocycles. The van der Waals surface area contributed by atoms with E-state index in [0.29, 0.717) is 92.9 Å². The van der Waals surface area contributed by atoms with Crippen molar-refractivity contribution < 1.29 is 61.5 Å². The summed E-state index contributed by atoms with van der Waals surface area (Å²) in [5, 5.41) is 21.0. The number of halogens is 2. The van der Waals surface area contributed by atoms with Crippen LogP contribution in [-0.2, 0) is 40.4 Å². The highest BCUT2D eigenvalue weighted by atomic mass is 19.3. The summed E-state index contributed by atoms with van der Waals surface area (Å²) in [6, 6.07) is 25.1. The monoisotopic (exact) mass is 1060 g/mol. The molecule has 7 N–H and O–H groups in total. The summed E-state index contributed by atoms with van der Waals surface area (Å²) >= 11 is 0. The number of hydrogen-bond acceptors (Lipinski definition) is 15. The number of alkyl halides is 2. The van der Waals surface area contributed by atoms with Gasteiger partial charge in [0, 0.05) is 66.3 Å². The number of nitrogens with zero attached hydrogens (tertiary/aromatic N) is 3. The maximum absolute atomic E-state index is 13.6. The maximum atomic E-state index is 13.6. The van der Waals surface area contributed by atoms with Crippen molar-refractivity contribution in [3.63, 3.8) is 0 Å². The molecule has 0 spiro atoms. The zero-order valence-corrected chi connectivity index (χ0v) is 42.6. The lowest BCUT2D eigenvalue weighted by molar-refractivity contribution is -0.286. The molecular weight excluding hydrogens is 999 g/mol. The fraction of sp³-hybridized carbons (Fsp3) is 0.339. The number of aromatic hydroxyl groups is 1. The molecule has 8 rings (SSSR count). The number of amides is 4. The Bertz CT molecular complexity index is 3050. The van der Waals surface area contributed by atoms with Crippen LogP contribution in [0.5, 0.6) is 17.2 Å². The molecule has 4 heterocycles.